The van der Waals surface area contributed by atoms with Crippen molar-refractivity contribution in [2.75, 3.05) is 26.4 Å². The zero-order valence-corrected chi connectivity index (χ0v) is 19.0. The van der Waals surface area contributed by atoms with Gasteiger partial charge in [-0.2, -0.15) is 0 Å². The van der Waals surface area contributed by atoms with Crippen LogP contribution < -0.4 is 14.8 Å². The lowest BCUT2D eigenvalue weighted by atomic mass is 10.2. The molecule has 162 valence electrons. The molecule has 0 aromatic heterocycles. The van der Waals surface area contributed by atoms with Gasteiger partial charge in [-0.3, -0.25) is 0 Å². The maximum absolute atomic E-state index is 6.49. The maximum atomic E-state index is 6.49. The number of ether oxygens (including phenoxy) is 3. The molecule has 0 saturated heterocycles. The minimum Gasteiger partial charge on any atom is -0.490 e. The van der Waals surface area contributed by atoms with Crippen molar-refractivity contribution in [3.63, 3.8) is 0 Å². The van der Waals surface area contributed by atoms with Gasteiger partial charge in [0.2, 0.25) is 0 Å². The fourth-order valence-corrected chi connectivity index (χ4v) is 3.02. The highest BCUT2D eigenvalue weighted by Crippen LogP contribution is 2.37. The molecule has 0 aliphatic carbocycles. The SMILES string of the molecule is CCCCOCCCNCc1cc(Cl)c(OCc2ccccc2)c(OCC)c1.Cl. The highest BCUT2D eigenvalue weighted by atomic mass is 35.5. The van der Waals surface area contributed by atoms with Crippen LogP contribution in [0.15, 0.2) is 42.5 Å². The van der Waals surface area contributed by atoms with Gasteiger partial charge in [0.05, 0.1) is 11.6 Å². The summed E-state index contributed by atoms with van der Waals surface area (Å²) in [4.78, 5) is 0. The Hall–Kier alpha value is -1.46. The van der Waals surface area contributed by atoms with Crippen molar-refractivity contribution >= 4 is 24.0 Å². The second-order valence-electron chi connectivity index (χ2n) is 6.61. The summed E-state index contributed by atoms with van der Waals surface area (Å²) in [6.45, 7) is 8.43. The number of halogens is 2. The molecule has 0 saturated carbocycles. The first kappa shape index (κ1) is 25.6. The third-order valence-corrected chi connectivity index (χ3v) is 4.49. The summed E-state index contributed by atoms with van der Waals surface area (Å²) < 4.78 is 17.3. The molecule has 4 nitrogen and oxygen atoms in total. The monoisotopic (exact) mass is 441 g/mol. The van der Waals surface area contributed by atoms with Crippen LogP contribution in [0, 0.1) is 0 Å². The Morgan fingerprint density at radius 2 is 1.69 bits per heavy atom. The molecule has 1 N–H and O–H groups in total. The van der Waals surface area contributed by atoms with Gasteiger partial charge in [-0.15, -0.1) is 12.4 Å². The Kier molecular flexibility index (Phi) is 13.6. The quantitative estimate of drug-likeness (QED) is 0.363. The third-order valence-electron chi connectivity index (χ3n) is 4.21. The van der Waals surface area contributed by atoms with Crippen LogP contribution in [0.5, 0.6) is 11.5 Å². The molecule has 29 heavy (non-hydrogen) atoms. The summed E-state index contributed by atoms with van der Waals surface area (Å²) in [6.07, 6.45) is 3.30. The Bertz CT molecular complexity index is 683. The van der Waals surface area contributed by atoms with E-state index in [9.17, 15) is 0 Å². The molecular weight excluding hydrogens is 409 g/mol. The Labute approximate surface area is 186 Å². The van der Waals surface area contributed by atoms with Crippen molar-refractivity contribution in [1.29, 1.82) is 0 Å². The predicted molar refractivity (Wildman–Crippen MR) is 123 cm³/mol. The highest BCUT2D eigenvalue weighted by Gasteiger charge is 2.13. The van der Waals surface area contributed by atoms with Gasteiger partial charge >= 0.3 is 0 Å². The molecule has 0 heterocycles. The summed E-state index contributed by atoms with van der Waals surface area (Å²) in [5.74, 6) is 1.28. The molecule has 0 amide bonds. The van der Waals surface area contributed by atoms with Gasteiger partial charge in [0.25, 0.3) is 0 Å². The first-order valence-electron chi connectivity index (χ1n) is 10.1. The molecule has 6 heteroatoms. The van der Waals surface area contributed by atoms with E-state index in [0.29, 0.717) is 29.7 Å². The molecule has 0 spiro atoms. The van der Waals surface area contributed by atoms with Crippen LogP contribution in [-0.2, 0) is 17.9 Å². The van der Waals surface area contributed by atoms with Gasteiger partial charge in [0.15, 0.2) is 11.5 Å². The largest absolute Gasteiger partial charge is 0.490 e. The predicted octanol–water partition coefficient (Wildman–Crippen LogP) is 6.04. The zero-order chi connectivity index (χ0) is 20.0. The number of unbranched alkanes of at least 4 members (excludes halogenated alkanes) is 1. The van der Waals surface area contributed by atoms with Crippen LogP contribution >= 0.6 is 24.0 Å². The van der Waals surface area contributed by atoms with Crippen molar-refractivity contribution in [2.45, 2.75) is 46.3 Å². The molecule has 0 bridgehead atoms. The van der Waals surface area contributed by atoms with E-state index in [1.54, 1.807) is 0 Å². The summed E-state index contributed by atoms with van der Waals surface area (Å²) >= 11 is 6.49. The second-order valence-corrected chi connectivity index (χ2v) is 7.02. The first-order chi connectivity index (χ1) is 13.7. The van der Waals surface area contributed by atoms with Gasteiger partial charge in [-0.25, -0.2) is 0 Å². The van der Waals surface area contributed by atoms with E-state index in [-0.39, 0.29) is 12.4 Å². The van der Waals surface area contributed by atoms with E-state index in [0.717, 1.165) is 50.3 Å². The Morgan fingerprint density at radius 3 is 2.41 bits per heavy atom. The average molecular weight is 442 g/mol. The molecule has 0 atom stereocenters. The van der Waals surface area contributed by atoms with E-state index < -0.39 is 0 Å². The Morgan fingerprint density at radius 1 is 0.931 bits per heavy atom. The normalized spacial score (nSPS) is 10.4. The second kappa shape index (κ2) is 15.4. The number of nitrogens with one attached hydrogen (secondary N) is 1. The first-order valence-corrected chi connectivity index (χ1v) is 10.5. The molecule has 2 aromatic rings. The lowest BCUT2D eigenvalue weighted by Gasteiger charge is -2.16. The van der Waals surface area contributed by atoms with Crippen LogP contribution in [-0.4, -0.2) is 26.4 Å². The molecule has 0 radical (unpaired) electrons. The lowest BCUT2D eigenvalue weighted by Crippen LogP contribution is -2.16. The lowest BCUT2D eigenvalue weighted by molar-refractivity contribution is 0.129. The van der Waals surface area contributed by atoms with Gasteiger partial charge < -0.3 is 19.5 Å². The molecule has 0 unspecified atom stereocenters. The van der Waals surface area contributed by atoms with Crippen molar-refractivity contribution in [1.82, 2.24) is 5.32 Å². The van der Waals surface area contributed by atoms with Crippen LogP contribution in [0.25, 0.3) is 0 Å². The van der Waals surface area contributed by atoms with Crippen molar-refractivity contribution in [3.8, 4) is 11.5 Å². The fourth-order valence-electron chi connectivity index (χ4n) is 2.74. The number of benzene rings is 2. The molecule has 2 rings (SSSR count). The van der Waals surface area contributed by atoms with Crippen LogP contribution in [0.3, 0.4) is 0 Å². The molecule has 0 fully saturated rings. The third kappa shape index (κ3) is 9.72. The summed E-state index contributed by atoms with van der Waals surface area (Å²) in [7, 11) is 0. The van der Waals surface area contributed by atoms with Gasteiger partial charge in [-0.1, -0.05) is 55.3 Å². The molecule has 0 aliphatic rings. The maximum Gasteiger partial charge on any atom is 0.180 e. The van der Waals surface area contributed by atoms with Crippen molar-refractivity contribution in [3.05, 3.63) is 58.6 Å². The fraction of sp³-hybridized carbons (Fsp3) is 0.478. The van der Waals surface area contributed by atoms with Crippen LogP contribution in [0.2, 0.25) is 5.02 Å². The highest BCUT2D eigenvalue weighted by molar-refractivity contribution is 6.32. The van der Waals surface area contributed by atoms with E-state index in [4.69, 9.17) is 25.8 Å². The van der Waals surface area contributed by atoms with Crippen LogP contribution in [0.1, 0.15) is 44.2 Å². The van der Waals surface area contributed by atoms with Crippen molar-refractivity contribution < 1.29 is 14.2 Å². The summed E-state index contributed by atoms with van der Waals surface area (Å²) in [6, 6.07) is 14.0. The molecular formula is C23H33Cl2NO3. The van der Waals surface area contributed by atoms with Crippen molar-refractivity contribution in [2.24, 2.45) is 0 Å². The number of rotatable bonds is 14. The minimum atomic E-state index is 0. The van der Waals surface area contributed by atoms with E-state index in [1.807, 2.05) is 49.4 Å². The standard InChI is InChI=1S/C23H32ClNO3.ClH/c1-3-5-13-26-14-9-12-25-17-20-15-21(24)23(22(16-20)27-4-2)28-18-19-10-7-6-8-11-19;/h6-8,10-11,15-16,25H,3-5,9,12-14,17-18H2,1-2H3;1H. The number of hydrogen-bond donors (Lipinski definition) is 1. The van der Waals surface area contributed by atoms with Gasteiger partial charge in [0, 0.05) is 19.8 Å². The smallest absolute Gasteiger partial charge is 0.180 e. The van der Waals surface area contributed by atoms with Crippen LogP contribution in [0.4, 0.5) is 0 Å². The molecule has 0 aliphatic heterocycles. The topological polar surface area (TPSA) is 39.7 Å². The summed E-state index contributed by atoms with van der Waals surface area (Å²) in [5.41, 5.74) is 2.17. The van der Waals surface area contributed by atoms with Gasteiger partial charge in [0.1, 0.15) is 6.61 Å². The van der Waals surface area contributed by atoms with E-state index >= 15 is 0 Å². The zero-order valence-electron chi connectivity index (χ0n) is 17.4. The summed E-state index contributed by atoms with van der Waals surface area (Å²) in [5, 5.41) is 4.00. The minimum absolute atomic E-state index is 0. The van der Waals surface area contributed by atoms with E-state index in [2.05, 4.69) is 12.2 Å². The molecule has 2 aromatic carbocycles. The number of hydrogen-bond acceptors (Lipinski definition) is 4. The van der Waals surface area contributed by atoms with Gasteiger partial charge in [-0.05, 0) is 49.6 Å². The Balaban J connectivity index is 0.00000420. The van der Waals surface area contributed by atoms with E-state index in [1.165, 1.54) is 6.42 Å². The average Bonchev–Trinajstić information content (AvgIpc) is 2.70.